The van der Waals surface area contributed by atoms with E-state index in [1.165, 1.54) is 17.4 Å². The fourth-order valence-corrected chi connectivity index (χ4v) is 1.44. The standard InChI is InChI=1S/C7H5N3O2S/c11-6-5(9-7(12)10-6)1-4-2-13-3-8-4/h1-3H,(H2,9,10,11,12)/b5-1-. The number of hydrogen-bond donors (Lipinski definition) is 2. The lowest BCUT2D eigenvalue weighted by Gasteiger charge is -1.89. The average molecular weight is 195 g/mol. The van der Waals surface area contributed by atoms with Crippen LogP contribution in [0.5, 0.6) is 0 Å². The van der Waals surface area contributed by atoms with Crippen molar-refractivity contribution in [1.82, 2.24) is 15.6 Å². The molecule has 1 aromatic rings. The van der Waals surface area contributed by atoms with E-state index in [2.05, 4.69) is 15.6 Å². The lowest BCUT2D eigenvalue weighted by Crippen LogP contribution is -2.22. The van der Waals surface area contributed by atoms with Crippen molar-refractivity contribution >= 4 is 29.4 Å². The molecule has 3 amide bonds. The van der Waals surface area contributed by atoms with Crippen LogP contribution in [0.1, 0.15) is 5.69 Å². The maximum absolute atomic E-state index is 11.0. The molecule has 2 rings (SSSR count). The zero-order chi connectivity index (χ0) is 9.26. The van der Waals surface area contributed by atoms with Crippen molar-refractivity contribution in [2.24, 2.45) is 0 Å². The Morgan fingerprint density at radius 3 is 2.77 bits per heavy atom. The number of nitrogens with zero attached hydrogens (tertiary/aromatic N) is 1. The van der Waals surface area contributed by atoms with Gasteiger partial charge in [0.05, 0.1) is 11.2 Å². The van der Waals surface area contributed by atoms with Gasteiger partial charge in [-0.25, -0.2) is 9.78 Å². The lowest BCUT2D eigenvalue weighted by atomic mass is 10.3. The molecule has 0 aliphatic carbocycles. The molecule has 0 aromatic carbocycles. The Hall–Kier alpha value is -1.69. The van der Waals surface area contributed by atoms with E-state index in [9.17, 15) is 9.59 Å². The summed E-state index contributed by atoms with van der Waals surface area (Å²) in [5.41, 5.74) is 2.55. The van der Waals surface area contributed by atoms with E-state index in [1.54, 1.807) is 10.9 Å². The zero-order valence-corrected chi connectivity index (χ0v) is 7.22. The summed E-state index contributed by atoms with van der Waals surface area (Å²) < 4.78 is 0. The van der Waals surface area contributed by atoms with Gasteiger partial charge in [0, 0.05) is 5.38 Å². The predicted octanol–water partition coefficient (Wildman–Crippen LogP) is 0.323. The monoisotopic (exact) mass is 195 g/mol. The molecule has 5 nitrogen and oxygen atoms in total. The van der Waals surface area contributed by atoms with Gasteiger partial charge in [-0.1, -0.05) is 0 Å². The first-order valence-electron chi connectivity index (χ1n) is 3.48. The molecule has 1 aliphatic rings. The van der Waals surface area contributed by atoms with Crippen molar-refractivity contribution in [2.75, 3.05) is 0 Å². The SMILES string of the molecule is O=C1NC(=O)/C(=C/c2cscn2)N1. The summed E-state index contributed by atoms with van der Waals surface area (Å²) >= 11 is 1.42. The quantitative estimate of drug-likeness (QED) is 0.501. The number of thiazole rings is 1. The Morgan fingerprint density at radius 2 is 2.23 bits per heavy atom. The highest BCUT2D eigenvalue weighted by atomic mass is 32.1. The van der Waals surface area contributed by atoms with Crippen molar-refractivity contribution in [3.63, 3.8) is 0 Å². The third-order valence-corrected chi connectivity index (χ3v) is 2.07. The fourth-order valence-electron chi connectivity index (χ4n) is 0.923. The molecule has 0 atom stereocenters. The maximum Gasteiger partial charge on any atom is 0.326 e. The van der Waals surface area contributed by atoms with Crippen LogP contribution in [0.15, 0.2) is 16.6 Å². The Bertz CT molecular complexity index is 382. The minimum absolute atomic E-state index is 0.232. The topological polar surface area (TPSA) is 71.1 Å². The molecule has 0 spiro atoms. The number of imide groups is 1. The molecular weight excluding hydrogens is 190 g/mol. The molecular formula is C7H5N3O2S. The Morgan fingerprint density at radius 1 is 1.38 bits per heavy atom. The van der Waals surface area contributed by atoms with Crippen molar-refractivity contribution < 1.29 is 9.59 Å². The molecule has 1 aliphatic heterocycles. The minimum Gasteiger partial charge on any atom is -0.303 e. The number of carbonyl (C=O) groups excluding carboxylic acids is 2. The first-order chi connectivity index (χ1) is 6.25. The summed E-state index contributed by atoms with van der Waals surface area (Å²) in [5.74, 6) is -0.419. The summed E-state index contributed by atoms with van der Waals surface area (Å²) in [6.45, 7) is 0. The fraction of sp³-hybridized carbons (Fsp3) is 0. The van der Waals surface area contributed by atoms with Gasteiger partial charge in [0.2, 0.25) is 0 Å². The molecule has 13 heavy (non-hydrogen) atoms. The molecule has 0 saturated carbocycles. The molecule has 2 N–H and O–H groups in total. The maximum atomic E-state index is 11.0. The second-order valence-electron chi connectivity index (χ2n) is 2.38. The van der Waals surface area contributed by atoms with Crippen molar-refractivity contribution in [2.45, 2.75) is 0 Å². The molecule has 1 saturated heterocycles. The highest BCUT2D eigenvalue weighted by Crippen LogP contribution is 2.07. The number of rotatable bonds is 1. The minimum atomic E-state index is -0.494. The smallest absolute Gasteiger partial charge is 0.303 e. The number of nitrogens with one attached hydrogen (secondary N) is 2. The van der Waals surface area contributed by atoms with Gasteiger partial charge in [-0.05, 0) is 6.08 Å². The number of urea groups is 1. The summed E-state index contributed by atoms with van der Waals surface area (Å²) in [4.78, 5) is 25.7. The first kappa shape index (κ1) is 7.93. The second-order valence-corrected chi connectivity index (χ2v) is 3.10. The van der Waals surface area contributed by atoms with Crippen molar-refractivity contribution in [3.8, 4) is 0 Å². The van der Waals surface area contributed by atoms with Gasteiger partial charge in [0.25, 0.3) is 5.91 Å². The summed E-state index contributed by atoms with van der Waals surface area (Å²) in [6, 6.07) is -0.494. The largest absolute Gasteiger partial charge is 0.326 e. The van der Waals surface area contributed by atoms with Crippen LogP contribution in [0.25, 0.3) is 6.08 Å². The van der Waals surface area contributed by atoms with E-state index in [-0.39, 0.29) is 5.70 Å². The van der Waals surface area contributed by atoms with Crippen LogP contribution >= 0.6 is 11.3 Å². The van der Waals surface area contributed by atoms with E-state index >= 15 is 0 Å². The second kappa shape index (κ2) is 2.98. The molecule has 66 valence electrons. The van der Waals surface area contributed by atoms with Gasteiger partial charge in [-0.15, -0.1) is 11.3 Å². The highest BCUT2D eigenvalue weighted by molar-refractivity contribution is 7.07. The lowest BCUT2D eigenvalue weighted by molar-refractivity contribution is -0.115. The van der Waals surface area contributed by atoms with Crippen LogP contribution < -0.4 is 10.6 Å². The van der Waals surface area contributed by atoms with Gasteiger partial charge in [0.15, 0.2) is 0 Å². The zero-order valence-electron chi connectivity index (χ0n) is 6.40. The van der Waals surface area contributed by atoms with Gasteiger partial charge in [0.1, 0.15) is 5.70 Å². The number of hydrogen-bond acceptors (Lipinski definition) is 4. The molecule has 1 fully saturated rings. The Kier molecular flexibility index (Phi) is 1.82. The summed E-state index contributed by atoms with van der Waals surface area (Å²) in [5, 5.41) is 6.25. The Balaban J connectivity index is 2.27. The average Bonchev–Trinajstić information content (AvgIpc) is 2.63. The van der Waals surface area contributed by atoms with E-state index in [1.807, 2.05) is 0 Å². The molecule has 6 heteroatoms. The summed E-state index contributed by atoms with van der Waals surface area (Å²) in [6.07, 6.45) is 1.52. The van der Waals surface area contributed by atoms with Gasteiger partial charge < -0.3 is 5.32 Å². The van der Waals surface area contributed by atoms with Crippen LogP contribution in [0, 0.1) is 0 Å². The molecule has 2 heterocycles. The van der Waals surface area contributed by atoms with E-state index < -0.39 is 11.9 Å². The number of aromatic nitrogens is 1. The molecule has 0 bridgehead atoms. The van der Waals surface area contributed by atoms with Gasteiger partial charge >= 0.3 is 6.03 Å². The third-order valence-electron chi connectivity index (χ3n) is 1.46. The number of carbonyl (C=O) groups is 2. The first-order valence-corrected chi connectivity index (χ1v) is 4.42. The van der Waals surface area contributed by atoms with Crippen molar-refractivity contribution in [3.05, 3.63) is 22.3 Å². The predicted molar refractivity (Wildman–Crippen MR) is 46.8 cm³/mol. The van der Waals surface area contributed by atoms with Crippen LogP contribution in [0.3, 0.4) is 0 Å². The Labute approximate surface area is 77.5 Å². The van der Waals surface area contributed by atoms with Gasteiger partial charge in [-0.2, -0.15) is 0 Å². The molecule has 0 unspecified atom stereocenters. The van der Waals surface area contributed by atoms with E-state index in [4.69, 9.17) is 0 Å². The van der Waals surface area contributed by atoms with Crippen LogP contribution in [-0.4, -0.2) is 16.9 Å². The van der Waals surface area contributed by atoms with Crippen LogP contribution in [0.4, 0.5) is 4.79 Å². The molecule has 0 radical (unpaired) electrons. The molecule has 1 aromatic heterocycles. The van der Waals surface area contributed by atoms with E-state index in [0.29, 0.717) is 5.69 Å². The third kappa shape index (κ3) is 1.57. The van der Waals surface area contributed by atoms with Crippen molar-refractivity contribution in [1.29, 1.82) is 0 Å². The number of amides is 3. The van der Waals surface area contributed by atoms with Crippen LogP contribution in [-0.2, 0) is 4.79 Å². The van der Waals surface area contributed by atoms with E-state index in [0.717, 1.165) is 0 Å². The summed E-state index contributed by atoms with van der Waals surface area (Å²) in [7, 11) is 0. The highest BCUT2D eigenvalue weighted by Gasteiger charge is 2.22. The van der Waals surface area contributed by atoms with Gasteiger partial charge in [-0.3, -0.25) is 10.1 Å². The van der Waals surface area contributed by atoms with Crippen LogP contribution in [0.2, 0.25) is 0 Å². The normalized spacial score (nSPS) is 18.9.